The van der Waals surface area contributed by atoms with E-state index in [4.69, 9.17) is 14.2 Å². The molecule has 2 rings (SSSR count). The quantitative estimate of drug-likeness (QED) is 0.620. The summed E-state index contributed by atoms with van der Waals surface area (Å²) in [5.41, 5.74) is 0. The molecular formula is C13H16O4S. The summed E-state index contributed by atoms with van der Waals surface area (Å²) < 4.78 is 15.9. The number of rotatable bonds is 4. The van der Waals surface area contributed by atoms with Crippen LogP contribution in [0.25, 0.3) is 0 Å². The van der Waals surface area contributed by atoms with Crippen LogP contribution in [-0.4, -0.2) is 31.0 Å². The summed E-state index contributed by atoms with van der Waals surface area (Å²) in [4.78, 5) is 12.5. The van der Waals surface area contributed by atoms with Gasteiger partial charge in [0, 0.05) is 4.90 Å². The van der Waals surface area contributed by atoms with E-state index in [9.17, 15) is 4.79 Å². The van der Waals surface area contributed by atoms with Crippen LogP contribution in [0.4, 0.5) is 0 Å². The molecule has 1 aliphatic rings. The Labute approximate surface area is 111 Å². The van der Waals surface area contributed by atoms with Gasteiger partial charge in [0.15, 0.2) is 11.5 Å². The molecule has 98 valence electrons. The predicted octanol–water partition coefficient (Wildman–Crippen LogP) is 2.50. The van der Waals surface area contributed by atoms with E-state index < -0.39 is 0 Å². The molecule has 4 nitrogen and oxygen atoms in total. The molecule has 5 heteroatoms. The van der Waals surface area contributed by atoms with Gasteiger partial charge in [-0.1, -0.05) is 0 Å². The zero-order chi connectivity index (χ0) is 13.0. The van der Waals surface area contributed by atoms with Crippen molar-refractivity contribution in [2.24, 2.45) is 0 Å². The number of carbonyl (C=O) groups excluding carboxylic acids is 1. The van der Waals surface area contributed by atoms with Crippen LogP contribution in [0.2, 0.25) is 0 Å². The molecule has 0 saturated heterocycles. The first kappa shape index (κ1) is 13.1. The fraction of sp³-hybridized carbons (Fsp3) is 0.462. The summed E-state index contributed by atoms with van der Waals surface area (Å²) in [5.74, 6) is 1.30. The molecule has 0 aliphatic carbocycles. The second-order valence-corrected chi connectivity index (χ2v) is 5.23. The average Bonchev–Trinajstić information content (AvgIpc) is 2.39. The van der Waals surface area contributed by atoms with Gasteiger partial charge >= 0.3 is 5.97 Å². The van der Waals surface area contributed by atoms with Crippen molar-refractivity contribution in [3.63, 3.8) is 0 Å². The Morgan fingerprint density at radius 2 is 2.11 bits per heavy atom. The van der Waals surface area contributed by atoms with Crippen LogP contribution in [-0.2, 0) is 9.53 Å². The number of carbonyl (C=O) groups is 1. The summed E-state index contributed by atoms with van der Waals surface area (Å²) in [5, 5.41) is -0.229. The van der Waals surface area contributed by atoms with Gasteiger partial charge in [-0.3, -0.25) is 4.79 Å². The zero-order valence-electron chi connectivity index (χ0n) is 10.5. The third-order valence-electron chi connectivity index (χ3n) is 2.45. The minimum absolute atomic E-state index is 0.197. The van der Waals surface area contributed by atoms with Crippen molar-refractivity contribution in [1.82, 2.24) is 0 Å². The number of thioether (sulfide) groups is 1. The van der Waals surface area contributed by atoms with Crippen LogP contribution in [0, 0.1) is 0 Å². The van der Waals surface area contributed by atoms with E-state index in [-0.39, 0.29) is 11.2 Å². The zero-order valence-corrected chi connectivity index (χ0v) is 11.3. The van der Waals surface area contributed by atoms with E-state index in [2.05, 4.69) is 0 Å². The van der Waals surface area contributed by atoms with Gasteiger partial charge < -0.3 is 14.2 Å². The highest BCUT2D eigenvalue weighted by Gasteiger charge is 2.17. The molecule has 0 bridgehead atoms. The first-order valence-electron chi connectivity index (χ1n) is 5.93. The monoisotopic (exact) mass is 268 g/mol. The van der Waals surface area contributed by atoms with Crippen LogP contribution in [0.1, 0.15) is 13.8 Å². The van der Waals surface area contributed by atoms with Crippen molar-refractivity contribution in [2.75, 3.05) is 19.8 Å². The highest BCUT2D eigenvalue weighted by atomic mass is 32.2. The van der Waals surface area contributed by atoms with Crippen molar-refractivity contribution in [1.29, 1.82) is 0 Å². The Balaban J connectivity index is 2.03. The second kappa shape index (κ2) is 6.00. The Hall–Kier alpha value is -1.36. The maximum absolute atomic E-state index is 11.5. The largest absolute Gasteiger partial charge is 0.486 e. The number of hydrogen-bond acceptors (Lipinski definition) is 5. The molecule has 1 aromatic rings. The second-order valence-electron chi connectivity index (χ2n) is 3.82. The normalized spacial score (nSPS) is 15.0. The average molecular weight is 268 g/mol. The summed E-state index contributed by atoms with van der Waals surface area (Å²) in [7, 11) is 0. The van der Waals surface area contributed by atoms with Gasteiger partial charge in [-0.05, 0) is 32.0 Å². The molecule has 1 atom stereocenters. The molecule has 0 amide bonds. The SMILES string of the molecule is CCOC(=O)C(C)Sc1ccc2c(c1)OCCO2. The van der Waals surface area contributed by atoms with E-state index in [0.717, 1.165) is 16.4 Å². The Morgan fingerprint density at radius 1 is 1.39 bits per heavy atom. The van der Waals surface area contributed by atoms with Gasteiger partial charge in [0.1, 0.15) is 18.5 Å². The first-order chi connectivity index (χ1) is 8.70. The third-order valence-corrected chi connectivity index (χ3v) is 3.52. The van der Waals surface area contributed by atoms with Crippen molar-refractivity contribution in [3.05, 3.63) is 18.2 Å². The summed E-state index contributed by atoms with van der Waals surface area (Å²) in [6, 6.07) is 5.69. The molecule has 0 N–H and O–H groups in total. The number of fused-ring (bicyclic) bond motifs is 1. The lowest BCUT2D eigenvalue weighted by Crippen LogP contribution is -2.17. The molecule has 18 heavy (non-hydrogen) atoms. The topological polar surface area (TPSA) is 44.8 Å². The Morgan fingerprint density at radius 3 is 2.83 bits per heavy atom. The van der Waals surface area contributed by atoms with E-state index in [1.165, 1.54) is 11.8 Å². The smallest absolute Gasteiger partial charge is 0.319 e. The van der Waals surface area contributed by atoms with E-state index in [0.29, 0.717) is 19.8 Å². The minimum atomic E-state index is -0.229. The molecule has 1 aliphatic heterocycles. The summed E-state index contributed by atoms with van der Waals surface area (Å²) in [6.45, 7) is 5.19. The van der Waals surface area contributed by atoms with Gasteiger partial charge in [0.2, 0.25) is 0 Å². The molecule has 1 heterocycles. The highest BCUT2D eigenvalue weighted by molar-refractivity contribution is 8.00. The van der Waals surface area contributed by atoms with Crippen molar-refractivity contribution >= 4 is 17.7 Å². The van der Waals surface area contributed by atoms with E-state index >= 15 is 0 Å². The third kappa shape index (κ3) is 3.10. The molecule has 1 aromatic carbocycles. The predicted molar refractivity (Wildman–Crippen MR) is 69.4 cm³/mol. The van der Waals surface area contributed by atoms with Crippen LogP contribution in [0.15, 0.2) is 23.1 Å². The lowest BCUT2D eigenvalue weighted by atomic mass is 10.3. The maximum atomic E-state index is 11.5. The molecule has 0 aromatic heterocycles. The van der Waals surface area contributed by atoms with Crippen molar-refractivity contribution in [3.8, 4) is 11.5 Å². The molecule has 0 saturated carbocycles. The first-order valence-corrected chi connectivity index (χ1v) is 6.81. The molecular weight excluding hydrogens is 252 g/mol. The number of hydrogen-bond donors (Lipinski definition) is 0. The molecule has 0 fully saturated rings. The summed E-state index contributed by atoms with van der Waals surface area (Å²) in [6.07, 6.45) is 0. The highest BCUT2D eigenvalue weighted by Crippen LogP contribution is 2.35. The van der Waals surface area contributed by atoms with E-state index in [1.54, 1.807) is 6.92 Å². The maximum Gasteiger partial charge on any atom is 0.319 e. The number of esters is 1. The van der Waals surface area contributed by atoms with Gasteiger partial charge in [-0.2, -0.15) is 0 Å². The fourth-order valence-corrected chi connectivity index (χ4v) is 2.50. The lowest BCUT2D eigenvalue weighted by Gasteiger charge is -2.19. The summed E-state index contributed by atoms with van der Waals surface area (Å²) >= 11 is 1.45. The van der Waals surface area contributed by atoms with Crippen LogP contribution in [0.3, 0.4) is 0 Å². The standard InChI is InChI=1S/C13H16O4S/c1-3-15-13(14)9(2)18-10-4-5-11-12(8-10)17-7-6-16-11/h4-5,8-9H,3,6-7H2,1-2H3. The van der Waals surface area contributed by atoms with Gasteiger partial charge in [0.25, 0.3) is 0 Å². The Bertz CT molecular complexity index is 433. The van der Waals surface area contributed by atoms with E-state index in [1.807, 2.05) is 25.1 Å². The molecule has 0 spiro atoms. The fourth-order valence-electron chi connectivity index (χ4n) is 1.61. The van der Waals surface area contributed by atoms with Crippen LogP contribution >= 0.6 is 11.8 Å². The molecule has 1 unspecified atom stereocenters. The van der Waals surface area contributed by atoms with Gasteiger partial charge in [-0.15, -0.1) is 11.8 Å². The van der Waals surface area contributed by atoms with Crippen molar-refractivity contribution < 1.29 is 19.0 Å². The lowest BCUT2D eigenvalue weighted by molar-refractivity contribution is -0.142. The van der Waals surface area contributed by atoms with Crippen molar-refractivity contribution in [2.45, 2.75) is 24.0 Å². The van der Waals surface area contributed by atoms with Crippen LogP contribution < -0.4 is 9.47 Å². The minimum Gasteiger partial charge on any atom is -0.486 e. The number of benzene rings is 1. The van der Waals surface area contributed by atoms with Gasteiger partial charge in [-0.25, -0.2) is 0 Å². The van der Waals surface area contributed by atoms with Crippen LogP contribution in [0.5, 0.6) is 11.5 Å². The van der Waals surface area contributed by atoms with Gasteiger partial charge in [0.05, 0.1) is 6.61 Å². The Kier molecular flexibility index (Phi) is 4.36. The molecule has 0 radical (unpaired) electrons. The number of ether oxygens (including phenoxy) is 3.